The Morgan fingerprint density at radius 1 is 1.44 bits per heavy atom. The molecule has 0 spiro atoms. The molecule has 2 rings (SSSR count). The predicted octanol–water partition coefficient (Wildman–Crippen LogP) is 1.63. The highest BCUT2D eigenvalue weighted by Crippen LogP contribution is 2.28. The summed E-state index contributed by atoms with van der Waals surface area (Å²) in [5.41, 5.74) is 2.00. The molecule has 0 aliphatic carbocycles. The number of benzene rings is 1. The van der Waals surface area contributed by atoms with E-state index in [1.54, 1.807) is 32.2 Å². The van der Waals surface area contributed by atoms with E-state index in [9.17, 15) is 9.90 Å². The van der Waals surface area contributed by atoms with Gasteiger partial charge in [-0.25, -0.2) is 5.01 Å². The van der Waals surface area contributed by atoms with Crippen LogP contribution in [0.15, 0.2) is 28.9 Å². The Balaban J connectivity index is 2.40. The normalized spacial score (nSPS) is 17.3. The van der Waals surface area contributed by atoms with E-state index in [-0.39, 0.29) is 11.7 Å². The SMILES string of the molecule is COc1cc(/C=C2\C(=O)N(C)N=C2C)ccc1O. The molecule has 0 radical (unpaired) electrons. The lowest BCUT2D eigenvalue weighted by molar-refractivity contribution is -0.124. The number of hydrogen-bond acceptors (Lipinski definition) is 4. The largest absolute Gasteiger partial charge is 0.504 e. The lowest BCUT2D eigenvalue weighted by atomic mass is 10.1. The lowest BCUT2D eigenvalue weighted by Gasteiger charge is -2.05. The first-order valence-corrected chi connectivity index (χ1v) is 5.45. The van der Waals surface area contributed by atoms with Gasteiger partial charge in [0.1, 0.15) is 0 Å². The van der Waals surface area contributed by atoms with Crippen molar-refractivity contribution in [3.8, 4) is 11.5 Å². The number of phenols is 1. The zero-order valence-corrected chi connectivity index (χ0v) is 10.5. The van der Waals surface area contributed by atoms with Gasteiger partial charge in [0.25, 0.3) is 5.91 Å². The first kappa shape index (κ1) is 12.2. The molecule has 94 valence electrons. The van der Waals surface area contributed by atoms with E-state index < -0.39 is 0 Å². The molecule has 1 heterocycles. The van der Waals surface area contributed by atoms with Crippen molar-refractivity contribution in [1.82, 2.24) is 5.01 Å². The molecule has 1 aromatic carbocycles. The second-order valence-corrected chi connectivity index (χ2v) is 4.00. The van der Waals surface area contributed by atoms with E-state index in [0.29, 0.717) is 17.0 Å². The molecule has 0 unspecified atom stereocenters. The predicted molar refractivity (Wildman–Crippen MR) is 68.5 cm³/mol. The summed E-state index contributed by atoms with van der Waals surface area (Å²) < 4.78 is 5.02. The quantitative estimate of drug-likeness (QED) is 0.807. The van der Waals surface area contributed by atoms with E-state index in [4.69, 9.17) is 4.74 Å². The fraction of sp³-hybridized carbons (Fsp3) is 0.231. The minimum Gasteiger partial charge on any atom is -0.504 e. The third-order valence-corrected chi connectivity index (χ3v) is 2.73. The fourth-order valence-electron chi connectivity index (χ4n) is 1.77. The summed E-state index contributed by atoms with van der Waals surface area (Å²) in [6.45, 7) is 1.78. The third kappa shape index (κ3) is 2.07. The summed E-state index contributed by atoms with van der Waals surface area (Å²) in [5, 5.41) is 14.9. The Morgan fingerprint density at radius 3 is 2.72 bits per heavy atom. The monoisotopic (exact) mass is 246 g/mol. The Labute approximate surface area is 105 Å². The average molecular weight is 246 g/mol. The van der Waals surface area contributed by atoms with Crippen molar-refractivity contribution in [2.45, 2.75) is 6.92 Å². The minimum atomic E-state index is -0.139. The van der Waals surface area contributed by atoms with Crippen LogP contribution in [-0.4, -0.2) is 35.9 Å². The van der Waals surface area contributed by atoms with Gasteiger partial charge in [-0.1, -0.05) is 6.07 Å². The van der Waals surface area contributed by atoms with Gasteiger partial charge in [-0.05, 0) is 30.7 Å². The maximum Gasteiger partial charge on any atom is 0.275 e. The number of carbonyl (C=O) groups is 1. The summed E-state index contributed by atoms with van der Waals surface area (Å²) in [4.78, 5) is 11.8. The number of hydrazone groups is 1. The van der Waals surface area contributed by atoms with Crippen molar-refractivity contribution in [2.24, 2.45) is 5.10 Å². The van der Waals surface area contributed by atoms with Crippen molar-refractivity contribution in [2.75, 3.05) is 14.2 Å². The number of aromatic hydroxyl groups is 1. The van der Waals surface area contributed by atoms with Crippen LogP contribution in [0.5, 0.6) is 11.5 Å². The highest BCUT2D eigenvalue weighted by Gasteiger charge is 2.24. The Kier molecular flexibility index (Phi) is 3.06. The van der Waals surface area contributed by atoms with Crippen LogP contribution in [0.1, 0.15) is 12.5 Å². The molecule has 0 aromatic heterocycles. The Hall–Kier alpha value is -2.30. The summed E-state index contributed by atoms with van der Waals surface area (Å²) in [7, 11) is 3.09. The van der Waals surface area contributed by atoms with Crippen LogP contribution in [0.25, 0.3) is 6.08 Å². The first-order chi connectivity index (χ1) is 8.52. The highest BCUT2D eigenvalue weighted by molar-refractivity contribution is 6.26. The van der Waals surface area contributed by atoms with Crippen LogP contribution in [-0.2, 0) is 4.79 Å². The van der Waals surface area contributed by atoms with Crippen molar-refractivity contribution < 1.29 is 14.6 Å². The number of likely N-dealkylation sites (N-methyl/N-ethyl adjacent to an activating group) is 1. The van der Waals surface area contributed by atoms with E-state index in [1.165, 1.54) is 18.2 Å². The maximum atomic E-state index is 11.8. The van der Waals surface area contributed by atoms with Gasteiger partial charge in [-0.15, -0.1) is 0 Å². The molecule has 0 saturated heterocycles. The van der Waals surface area contributed by atoms with Gasteiger partial charge in [-0.2, -0.15) is 5.10 Å². The molecule has 0 saturated carbocycles. The van der Waals surface area contributed by atoms with Crippen LogP contribution >= 0.6 is 0 Å². The molecule has 1 aliphatic rings. The third-order valence-electron chi connectivity index (χ3n) is 2.73. The van der Waals surface area contributed by atoms with Crippen molar-refractivity contribution in [1.29, 1.82) is 0 Å². The molecular weight excluding hydrogens is 232 g/mol. The zero-order valence-electron chi connectivity index (χ0n) is 10.5. The molecule has 5 nitrogen and oxygen atoms in total. The van der Waals surface area contributed by atoms with E-state index in [1.807, 2.05) is 0 Å². The molecule has 1 N–H and O–H groups in total. The van der Waals surface area contributed by atoms with Crippen molar-refractivity contribution >= 4 is 17.7 Å². The van der Waals surface area contributed by atoms with Crippen LogP contribution in [0, 0.1) is 0 Å². The number of carbonyl (C=O) groups excluding carboxylic acids is 1. The van der Waals surface area contributed by atoms with Crippen molar-refractivity contribution in [3.05, 3.63) is 29.3 Å². The van der Waals surface area contributed by atoms with Crippen LogP contribution in [0.2, 0.25) is 0 Å². The van der Waals surface area contributed by atoms with Gasteiger partial charge in [0.2, 0.25) is 0 Å². The number of amides is 1. The second kappa shape index (κ2) is 4.52. The standard InChI is InChI=1S/C13H14N2O3/c1-8-10(13(17)15(2)14-8)6-9-4-5-11(16)12(7-9)18-3/h4-7,16H,1-3H3/b10-6-. The number of hydrogen-bond donors (Lipinski definition) is 1. The maximum absolute atomic E-state index is 11.8. The topological polar surface area (TPSA) is 62.1 Å². The van der Waals surface area contributed by atoms with Gasteiger partial charge in [-0.3, -0.25) is 4.79 Å². The summed E-state index contributed by atoms with van der Waals surface area (Å²) >= 11 is 0. The van der Waals surface area contributed by atoms with E-state index in [2.05, 4.69) is 5.10 Å². The molecule has 0 atom stereocenters. The molecule has 1 aliphatic heterocycles. The number of methoxy groups -OCH3 is 1. The fourth-order valence-corrected chi connectivity index (χ4v) is 1.77. The van der Waals surface area contributed by atoms with Gasteiger partial charge < -0.3 is 9.84 Å². The molecule has 0 fully saturated rings. The van der Waals surface area contributed by atoms with Gasteiger partial charge >= 0.3 is 0 Å². The number of ether oxygens (including phenoxy) is 1. The summed E-state index contributed by atoms with van der Waals surface area (Å²) in [6, 6.07) is 4.91. The van der Waals surface area contributed by atoms with Crippen LogP contribution in [0.3, 0.4) is 0 Å². The molecule has 18 heavy (non-hydrogen) atoms. The summed E-state index contributed by atoms with van der Waals surface area (Å²) in [6.07, 6.45) is 1.73. The Bertz CT molecular complexity index is 561. The molecular formula is C13H14N2O3. The van der Waals surface area contributed by atoms with Crippen LogP contribution < -0.4 is 4.74 Å². The first-order valence-electron chi connectivity index (χ1n) is 5.45. The molecule has 1 aromatic rings. The number of phenolic OH excluding ortho intramolecular Hbond substituents is 1. The van der Waals surface area contributed by atoms with Gasteiger partial charge in [0.05, 0.1) is 18.4 Å². The van der Waals surface area contributed by atoms with Crippen molar-refractivity contribution in [3.63, 3.8) is 0 Å². The molecule has 1 amide bonds. The average Bonchev–Trinajstić information content (AvgIpc) is 2.58. The van der Waals surface area contributed by atoms with Gasteiger partial charge in [0.15, 0.2) is 11.5 Å². The van der Waals surface area contributed by atoms with E-state index in [0.717, 1.165) is 5.56 Å². The smallest absolute Gasteiger partial charge is 0.275 e. The number of rotatable bonds is 2. The van der Waals surface area contributed by atoms with Gasteiger partial charge in [0, 0.05) is 7.05 Å². The Morgan fingerprint density at radius 2 is 2.17 bits per heavy atom. The highest BCUT2D eigenvalue weighted by atomic mass is 16.5. The zero-order chi connectivity index (χ0) is 13.3. The summed E-state index contributed by atoms with van der Waals surface area (Å²) in [5.74, 6) is 0.303. The molecule has 5 heteroatoms. The molecule has 0 bridgehead atoms. The van der Waals surface area contributed by atoms with E-state index >= 15 is 0 Å². The second-order valence-electron chi connectivity index (χ2n) is 4.00. The number of nitrogens with zero attached hydrogens (tertiary/aromatic N) is 2. The van der Waals surface area contributed by atoms with Crippen LogP contribution in [0.4, 0.5) is 0 Å². The minimum absolute atomic E-state index is 0.0694. The lowest BCUT2D eigenvalue weighted by Crippen LogP contribution is -2.16.